The smallest absolute Gasteiger partial charge is 0.278 e. The highest BCUT2D eigenvalue weighted by Gasteiger charge is 2.25. The molecule has 19 heavy (non-hydrogen) atoms. The lowest BCUT2D eigenvalue weighted by molar-refractivity contribution is -0.923. The Bertz CT molecular complexity index is 408. The number of nitro groups is 1. The number of nitro benzene ring substituents is 1. The number of halogens is 1. The Morgan fingerprint density at radius 1 is 1.21 bits per heavy atom. The third kappa shape index (κ3) is 5.23. The molecule has 6 nitrogen and oxygen atoms in total. The molecule has 1 aromatic carbocycles. The van der Waals surface area contributed by atoms with Crippen molar-refractivity contribution in [3.63, 3.8) is 0 Å². The van der Waals surface area contributed by atoms with Crippen molar-refractivity contribution in [1.29, 1.82) is 0 Å². The number of nitrogens with zero attached hydrogens (tertiary/aromatic N) is 2. The van der Waals surface area contributed by atoms with Gasteiger partial charge in [-0.25, -0.2) is 0 Å². The van der Waals surface area contributed by atoms with Crippen LogP contribution in [0, 0.1) is 10.1 Å². The Balaban J connectivity index is 0.00000324. The van der Waals surface area contributed by atoms with Crippen LogP contribution in [0.4, 0.5) is 5.69 Å². The van der Waals surface area contributed by atoms with Crippen LogP contribution >= 0.6 is 0 Å². The van der Waals surface area contributed by atoms with E-state index in [1.54, 1.807) is 18.2 Å². The van der Waals surface area contributed by atoms with Crippen LogP contribution in [-0.4, -0.2) is 53.0 Å². The summed E-state index contributed by atoms with van der Waals surface area (Å²) in [5.41, 5.74) is 0.699. The minimum Gasteiger partial charge on any atom is -1.00 e. The van der Waals surface area contributed by atoms with E-state index < -0.39 is 4.92 Å². The number of rotatable bonds is 7. The second-order valence-corrected chi connectivity index (χ2v) is 4.56. The second kappa shape index (κ2) is 8.21. The van der Waals surface area contributed by atoms with Gasteiger partial charge in [0.05, 0.1) is 30.7 Å². The molecule has 2 N–H and O–H groups in total. The number of hydrogen-bond acceptors (Lipinski definition) is 4. The third-order valence-corrected chi connectivity index (χ3v) is 3.02. The molecule has 0 fully saturated rings. The first-order chi connectivity index (χ1) is 8.52. The zero-order valence-corrected chi connectivity index (χ0v) is 12.4. The highest BCUT2D eigenvalue weighted by Crippen LogP contribution is 2.21. The van der Waals surface area contributed by atoms with Gasteiger partial charge in [0, 0.05) is 6.07 Å². The highest BCUT2D eigenvalue weighted by atomic mass is 79.9. The van der Waals surface area contributed by atoms with E-state index in [0.29, 0.717) is 29.7 Å². The van der Waals surface area contributed by atoms with Crippen LogP contribution in [-0.2, 0) is 6.54 Å². The van der Waals surface area contributed by atoms with Gasteiger partial charge in [0.1, 0.15) is 19.6 Å². The molecule has 0 saturated heterocycles. The Kier molecular flexibility index (Phi) is 7.77. The van der Waals surface area contributed by atoms with Gasteiger partial charge < -0.3 is 31.7 Å². The molecule has 7 heteroatoms. The Hall–Kier alpha value is -1.02. The minimum absolute atomic E-state index is 0. The largest absolute Gasteiger partial charge is 1.00 e. The Morgan fingerprint density at radius 3 is 2.21 bits per heavy atom. The van der Waals surface area contributed by atoms with Gasteiger partial charge in [0.25, 0.3) is 5.69 Å². The van der Waals surface area contributed by atoms with E-state index in [2.05, 4.69) is 0 Å². The van der Waals surface area contributed by atoms with Crippen LogP contribution in [0.25, 0.3) is 0 Å². The number of benzene rings is 1. The fourth-order valence-corrected chi connectivity index (χ4v) is 1.99. The average Bonchev–Trinajstić information content (AvgIpc) is 2.29. The van der Waals surface area contributed by atoms with Crippen molar-refractivity contribution < 1.29 is 36.6 Å². The van der Waals surface area contributed by atoms with Crippen LogP contribution in [0.2, 0.25) is 0 Å². The Morgan fingerprint density at radius 2 is 1.74 bits per heavy atom. The van der Waals surface area contributed by atoms with Gasteiger partial charge in [-0.2, -0.15) is 0 Å². The zero-order chi connectivity index (χ0) is 13.6. The minimum atomic E-state index is -0.405. The quantitative estimate of drug-likeness (QED) is 0.329. The predicted molar refractivity (Wildman–Crippen MR) is 66.9 cm³/mol. The summed E-state index contributed by atoms with van der Waals surface area (Å²) in [6, 6.07) is 6.57. The summed E-state index contributed by atoms with van der Waals surface area (Å²) in [6.07, 6.45) is 0. The number of quaternary nitrogens is 1. The van der Waals surface area contributed by atoms with Gasteiger partial charge in [0.15, 0.2) is 0 Å². The van der Waals surface area contributed by atoms with Crippen LogP contribution in [0.1, 0.15) is 5.56 Å². The van der Waals surface area contributed by atoms with Crippen molar-refractivity contribution in [2.45, 2.75) is 6.54 Å². The van der Waals surface area contributed by atoms with E-state index in [-0.39, 0.29) is 35.9 Å². The van der Waals surface area contributed by atoms with Gasteiger partial charge in [-0.05, 0) is 6.07 Å². The van der Waals surface area contributed by atoms with E-state index in [1.165, 1.54) is 6.07 Å². The molecular formula is C12H19BrN2O4. The maximum atomic E-state index is 10.9. The van der Waals surface area contributed by atoms with Crippen molar-refractivity contribution in [3.8, 4) is 0 Å². The summed E-state index contributed by atoms with van der Waals surface area (Å²) >= 11 is 0. The molecule has 1 rings (SSSR count). The lowest BCUT2D eigenvalue weighted by Gasteiger charge is -2.33. The monoisotopic (exact) mass is 334 g/mol. The second-order valence-electron chi connectivity index (χ2n) is 4.56. The van der Waals surface area contributed by atoms with Gasteiger partial charge in [-0.3, -0.25) is 10.1 Å². The summed E-state index contributed by atoms with van der Waals surface area (Å²) in [4.78, 5) is 10.5. The molecule has 0 saturated carbocycles. The van der Waals surface area contributed by atoms with Crippen LogP contribution < -0.4 is 17.0 Å². The van der Waals surface area contributed by atoms with Gasteiger partial charge in [-0.15, -0.1) is 0 Å². The molecule has 0 radical (unpaired) electrons. The number of aliphatic hydroxyl groups excluding tert-OH is 2. The van der Waals surface area contributed by atoms with E-state index in [4.69, 9.17) is 10.2 Å². The lowest BCUT2D eigenvalue weighted by Crippen LogP contribution is -3.00. The number of aliphatic hydroxyl groups is 2. The van der Waals surface area contributed by atoms with Gasteiger partial charge in [-0.1, -0.05) is 12.1 Å². The molecule has 0 aliphatic heterocycles. The number of para-hydroxylation sites is 1. The summed E-state index contributed by atoms with van der Waals surface area (Å²) in [5.74, 6) is 0. The zero-order valence-electron chi connectivity index (χ0n) is 10.8. The van der Waals surface area contributed by atoms with Crippen molar-refractivity contribution in [1.82, 2.24) is 0 Å². The maximum Gasteiger partial charge on any atom is 0.278 e. The van der Waals surface area contributed by atoms with Crippen molar-refractivity contribution >= 4 is 5.69 Å². The first kappa shape index (κ1) is 18.0. The number of likely N-dealkylation sites (N-methyl/N-ethyl adjacent to an activating group) is 1. The van der Waals surface area contributed by atoms with Crippen LogP contribution in [0.5, 0.6) is 0 Å². The molecule has 0 spiro atoms. The molecule has 0 unspecified atom stereocenters. The predicted octanol–water partition coefficient (Wildman–Crippen LogP) is -2.47. The molecule has 0 heterocycles. The van der Waals surface area contributed by atoms with Crippen LogP contribution in [0.15, 0.2) is 24.3 Å². The number of hydrogen-bond donors (Lipinski definition) is 2. The molecule has 0 atom stereocenters. The summed E-state index contributed by atoms with van der Waals surface area (Å²) in [5, 5.41) is 29.0. The SMILES string of the molecule is C[N+](CCO)(CCO)Cc1ccccc1[N+](=O)[O-].[Br-]. The van der Waals surface area contributed by atoms with Crippen molar-refractivity contribution in [3.05, 3.63) is 39.9 Å². The highest BCUT2D eigenvalue weighted by molar-refractivity contribution is 5.39. The summed E-state index contributed by atoms with van der Waals surface area (Å²) in [7, 11) is 1.86. The topological polar surface area (TPSA) is 83.6 Å². The molecule has 0 aliphatic rings. The summed E-state index contributed by atoms with van der Waals surface area (Å²) < 4.78 is 0.373. The van der Waals surface area contributed by atoms with Crippen LogP contribution in [0.3, 0.4) is 0 Å². The molecule has 0 aromatic heterocycles. The van der Waals surface area contributed by atoms with E-state index >= 15 is 0 Å². The first-order valence-corrected chi connectivity index (χ1v) is 5.80. The van der Waals surface area contributed by atoms with E-state index in [1.807, 2.05) is 7.05 Å². The normalized spacial score (nSPS) is 10.9. The van der Waals surface area contributed by atoms with E-state index in [9.17, 15) is 10.1 Å². The molecule has 0 amide bonds. The lowest BCUT2D eigenvalue weighted by atomic mass is 10.1. The van der Waals surface area contributed by atoms with Gasteiger partial charge in [0.2, 0.25) is 0 Å². The summed E-state index contributed by atoms with van der Waals surface area (Å²) in [6.45, 7) is 1.28. The van der Waals surface area contributed by atoms with Crippen molar-refractivity contribution in [2.75, 3.05) is 33.4 Å². The molecular weight excluding hydrogens is 316 g/mol. The first-order valence-electron chi connectivity index (χ1n) is 5.80. The van der Waals surface area contributed by atoms with Gasteiger partial charge >= 0.3 is 0 Å². The fourth-order valence-electron chi connectivity index (χ4n) is 1.99. The molecule has 108 valence electrons. The standard InChI is InChI=1S/C12H19N2O4.BrH/c1-14(6-8-15,7-9-16)10-11-4-2-3-5-12(11)13(17)18;/h2-5,15-16H,6-10H2,1H3;1H/q+1;/p-1. The van der Waals surface area contributed by atoms with E-state index in [0.717, 1.165) is 0 Å². The fraction of sp³-hybridized carbons (Fsp3) is 0.500. The molecule has 1 aromatic rings. The van der Waals surface area contributed by atoms with Crippen molar-refractivity contribution in [2.24, 2.45) is 0 Å². The Labute approximate surface area is 122 Å². The molecule has 0 aliphatic carbocycles. The average molecular weight is 335 g/mol. The maximum absolute atomic E-state index is 10.9. The molecule has 0 bridgehead atoms. The third-order valence-electron chi connectivity index (χ3n) is 3.02.